The zero-order valence-corrected chi connectivity index (χ0v) is 38.7. The lowest BCUT2D eigenvalue weighted by atomic mass is 9.84. The molecule has 332 valence electrons. The predicted molar refractivity (Wildman–Crippen MR) is 298 cm³/mol. The molecule has 0 N–H and O–H groups in total. The van der Waals surface area contributed by atoms with Crippen LogP contribution in [0.15, 0.2) is 271 Å². The molecule has 3 aromatic heterocycles. The van der Waals surface area contributed by atoms with E-state index < -0.39 is 0 Å². The number of hydrogen-bond donors (Lipinski definition) is 0. The summed E-state index contributed by atoms with van der Waals surface area (Å²) >= 11 is 0. The van der Waals surface area contributed by atoms with Crippen LogP contribution in [0.2, 0.25) is 0 Å². The van der Waals surface area contributed by atoms with Gasteiger partial charge in [0.1, 0.15) is 11.2 Å². The first-order valence-electron chi connectivity index (χ1n) is 24.3. The number of rotatable bonds is 8. The fraction of sp³-hybridized carbons (Fsp3) is 0. The number of aromatic nitrogens is 2. The van der Waals surface area contributed by atoms with Crippen molar-refractivity contribution in [3.8, 4) is 78.7 Å². The number of nitrogens with zero attached hydrogens (tertiary/aromatic N) is 2. The summed E-state index contributed by atoms with van der Waals surface area (Å²) in [5.41, 5.74) is 17.8. The van der Waals surface area contributed by atoms with Crippen LogP contribution < -0.4 is 0 Å². The third-order valence-corrected chi connectivity index (χ3v) is 14.4. The van der Waals surface area contributed by atoms with Gasteiger partial charge in [-0.2, -0.15) is 0 Å². The topological polar surface area (TPSA) is 23.0 Å². The predicted octanol–water partition coefficient (Wildman–Crippen LogP) is 18.6. The molecule has 14 aromatic rings. The number of para-hydroxylation sites is 1. The molecular formula is C68H44N2O. The average Bonchev–Trinajstić information content (AvgIpc) is 4.19. The van der Waals surface area contributed by atoms with Gasteiger partial charge in [-0.15, -0.1) is 0 Å². The van der Waals surface area contributed by atoms with Crippen LogP contribution in [-0.2, 0) is 0 Å². The van der Waals surface area contributed by atoms with Crippen LogP contribution in [-0.4, -0.2) is 9.13 Å². The van der Waals surface area contributed by atoms with Gasteiger partial charge in [-0.3, -0.25) is 0 Å². The molecule has 14 rings (SSSR count). The van der Waals surface area contributed by atoms with Gasteiger partial charge in [-0.05, 0) is 144 Å². The lowest BCUT2D eigenvalue weighted by molar-refractivity contribution is 0.669. The van der Waals surface area contributed by atoms with Crippen molar-refractivity contribution in [2.75, 3.05) is 0 Å². The zero-order valence-electron chi connectivity index (χ0n) is 38.7. The smallest absolute Gasteiger partial charge is 0.135 e. The Morgan fingerprint density at radius 3 is 1.23 bits per heavy atom. The van der Waals surface area contributed by atoms with Crippen LogP contribution in [0.3, 0.4) is 0 Å². The molecule has 0 fully saturated rings. The molecule has 0 aliphatic carbocycles. The molecule has 3 heterocycles. The molecule has 0 aliphatic heterocycles. The first kappa shape index (κ1) is 40.6. The van der Waals surface area contributed by atoms with Gasteiger partial charge in [0, 0.05) is 22.1 Å². The maximum absolute atomic E-state index is 6.46. The number of hydrogen-bond acceptors (Lipinski definition) is 1. The van der Waals surface area contributed by atoms with Crippen molar-refractivity contribution in [2.45, 2.75) is 0 Å². The van der Waals surface area contributed by atoms with E-state index in [1.54, 1.807) is 0 Å². The standard InChI is InChI=1S/C68H44N2O/c1-5-19-46(20-6-1)61-37-38-62(47-21-7-2-8-22-47)69(61)51-34-36-57-59(43-51)67(50-32-41-66-58(42-50)54-29-15-16-31-65(54)71-66)56-35-33-52(44-60(56)68(57)55-30-17-27-45-18-13-14-28-53(45)55)70-63(48-23-9-3-10-24-48)39-40-64(70)49-25-11-4-12-26-49/h1-44H. The van der Waals surface area contributed by atoms with Gasteiger partial charge in [-0.1, -0.05) is 200 Å². The first-order chi connectivity index (χ1) is 35.2. The fourth-order valence-corrected chi connectivity index (χ4v) is 11.2. The number of fused-ring (bicyclic) bond motifs is 6. The monoisotopic (exact) mass is 904 g/mol. The Labute approximate surface area is 411 Å². The van der Waals surface area contributed by atoms with Gasteiger partial charge in [0.2, 0.25) is 0 Å². The Hall–Kier alpha value is -9.44. The molecule has 71 heavy (non-hydrogen) atoms. The van der Waals surface area contributed by atoms with Gasteiger partial charge in [-0.25, -0.2) is 0 Å². The second-order valence-electron chi connectivity index (χ2n) is 18.4. The summed E-state index contributed by atoms with van der Waals surface area (Å²) in [5, 5.41) is 9.31. The fourth-order valence-electron chi connectivity index (χ4n) is 11.2. The normalized spacial score (nSPS) is 11.7. The van der Waals surface area contributed by atoms with E-state index in [9.17, 15) is 0 Å². The van der Waals surface area contributed by atoms with Gasteiger partial charge < -0.3 is 13.6 Å². The van der Waals surface area contributed by atoms with Crippen LogP contribution in [0.5, 0.6) is 0 Å². The molecule has 0 aliphatic rings. The van der Waals surface area contributed by atoms with E-state index in [-0.39, 0.29) is 0 Å². The number of benzene rings is 11. The highest BCUT2D eigenvalue weighted by Gasteiger charge is 2.23. The quantitative estimate of drug-likeness (QED) is 0.139. The van der Waals surface area contributed by atoms with Crippen LogP contribution in [0, 0.1) is 0 Å². The maximum Gasteiger partial charge on any atom is 0.135 e. The highest BCUT2D eigenvalue weighted by Crippen LogP contribution is 2.48. The van der Waals surface area contributed by atoms with E-state index in [2.05, 4.69) is 270 Å². The summed E-state index contributed by atoms with van der Waals surface area (Å²) in [5.74, 6) is 0. The molecular weight excluding hydrogens is 861 g/mol. The molecule has 3 nitrogen and oxygen atoms in total. The van der Waals surface area contributed by atoms with E-state index in [0.717, 1.165) is 83.9 Å². The lowest BCUT2D eigenvalue weighted by Crippen LogP contribution is -2.02. The summed E-state index contributed by atoms with van der Waals surface area (Å²) in [7, 11) is 0. The summed E-state index contributed by atoms with van der Waals surface area (Å²) in [4.78, 5) is 0. The second-order valence-corrected chi connectivity index (χ2v) is 18.4. The third-order valence-electron chi connectivity index (χ3n) is 14.4. The Bertz CT molecular complexity index is 4190. The van der Waals surface area contributed by atoms with Crippen molar-refractivity contribution < 1.29 is 4.42 Å². The number of furan rings is 1. The highest BCUT2D eigenvalue weighted by atomic mass is 16.3. The maximum atomic E-state index is 6.46. The van der Waals surface area contributed by atoms with Crippen molar-refractivity contribution in [2.24, 2.45) is 0 Å². The van der Waals surface area contributed by atoms with E-state index in [0.29, 0.717) is 0 Å². The SMILES string of the molecule is c1ccc(-c2ccc(-c3ccccc3)n2-c2ccc3c(-c4cccc5ccccc45)c4cc(-n5c(-c6ccccc6)ccc5-c5ccccc5)ccc4c(-c4ccc5oc6ccccc6c5c4)c3c2)cc1. The molecule has 0 saturated heterocycles. The van der Waals surface area contributed by atoms with E-state index >= 15 is 0 Å². The summed E-state index contributed by atoms with van der Waals surface area (Å²) in [6.07, 6.45) is 0. The lowest BCUT2D eigenvalue weighted by Gasteiger charge is -2.22. The highest BCUT2D eigenvalue weighted by molar-refractivity contribution is 6.25. The van der Waals surface area contributed by atoms with Crippen molar-refractivity contribution in [3.05, 3.63) is 267 Å². The van der Waals surface area contributed by atoms with Crippen LogP contribution in [0.1, 0.15) is 0 Å². The molecule has 0 radical (unpaired) electrons. The van der Waals surface area contributed by atoms with Gasteiger partial charge in [0.15, 0.2) is 0 Å². The molecule has 0 bridgehead atoms. The average molecular weight is 905 g/mol. The molecule has 11 aromatic carbocycles. The van der Waals surface area contributed by atoms with Crippen LogP contribution in [0.4, 0.5) is 0 Å². The van der Waals surface area contributed by atoms with Crippen molar-refractivity contribution in [1.82, 2.24) is 9.13 Å². The Morgan fingerprint density at radius 1 is 0.239 bits per heavy atom. The van der Waals surface area contributed by atoms with Crippen molar-refractivity contribution in [1.29, 1.82) is 0 Å². The van der Waals surface area contributed by atoms with Crippen LogP contribution >= 0.6 is 0 Å². The molecule has 0 spiro atoms. The first-order valence-corrected chi connectivity index (χ1v) is 24.3. The summed E-state index contributed by atoms with van der Waals surface area (Å²) in [6, 6.07) is 97.1. The minimum absolute atomic E-state index is 0.876. The van der Waals surface area contributed by atoms with Gasteiger partial charge >= 0.3 is 0 Å². The molecule has 0 atom stereocenters. The van der Waals surface area contributed by atoms with Gasteiger partial charge in [0.05, 0.1) is 22.8 Å². The zero-order chi connectivity index (χ0) is 46.8. The molecule has 0 saturated carbocycles. The van der Waals surface area contributed by atoms with Gasteiger partial charge in [0.25, 0.3) is 0 Å². The van der Waals surface area contributed by atoms with Crippen molar-refractivity contribution >= 4 is 54.3 Å². The molecule has 0 amide bonds. The minimum atomic E-state index is 0.876. The van der Waals surface area contributed by atoms with Crippen molar-refractivity contribution in [3.63, 3.8) is 0 Å². The molecule has 3 heteroatoms. The van der Waals surface area contributed by atoms with Crippen LogP contribution in [0.25, 0.3) is 133 Å². The summed E-state index contributed by atoms with van der Waals surface area (Å²) in [6.45, 7) is 0. The summed E-state index contributed by atoms with van der Waals surface area (Å²) < 4.78 is 11.3. The van der Waals surface area contributed by atoms with E-state index in [1.807, 2.05) is 6.07 Å². The van der Waals surface area contributed by atoms with E-state index in [1.165, 1.54) is 49.0 Å². The Balaban J connectivity index is 1.13. The second kappa shape index (κ2) is 16.7. The Morgan fingerprint density at radius 2 is 0.676 bits per heavy atom. The Kier molecular flexibility index (Phi) is 9.53. The third kappa shape index (κ3) is 6.74. The van der Waals surface area contributed by atoms with E-state index in [4.69, 9.17) is 4.42 Å². The largest absolute Gasteiger partial charge is 0.456 e. The molecule has 0 unspecified atom stereocenters. The minimum Gasteiger partial charge on any atom is -0.456 e.